The largest absolute Gasteiger partial charge is 0.431 e. The van der Waals surface area contributed by atoms with Crippen LogP contribution in [0.1, 0.15) is 27.0 Å². The molecule has 0 saturated heterocycles. The normalized spacial score (nSPS) is 10.3. The van der Waals surface area contributed by atoms with Crippen LogP contribution in [0, 0.1) is 13.8 Å². The second-order valence-corrected chi connectivity index (χ2v) is 6.26. The van der Waals surface area contributed by atoms with Crippen LogP contribution in [-0.2, 0) is 0 Å². The predicted molar refractivity (Wildman–Crippen MR) is 97.7 cm³/mol. The molecule has 0 aliphatic rings. The van der Waals surface area contributed by atoms with Gasteiger partial charge in [-0.25, -0.2) is 0 Å². The second kappa shape index (κ2) is 7.11. The first-order valence-electron chi connectivity index (χ1n) is 7.11. The Morgan fingerprint density at radius 2 is 1.74 bits per heavy atom. The summed E-state index contributed by atoms with van der Waals surface area (Å²) in [6.07, 6.45) is 0. The summed E-state index contributed by atoms with van der Waals surface area (Å²) in [5.74, 6) is 0.278. The molecule has 0 spiro atoms. The topological polar surface area (TPSA) is 29.5 Å². The van der Waals surface area contributed by atoms with Gasteiger partial charge in [0.1, 0.15) is 5.75 Å². The highest BCUT2D eigenvalue weighted by atomic mass is 35.5. The van der Waals surface area contributed by atoms with Crippen LogP contribution in [0.4, 0.5) is 0 Å². The minimum absolute atomic E-state index is 0.137. The van der Waals surface area contributed by atoms with E-state index in [1.54, 1.807) is 37.2 Å². The number of hydrogen-bond donors (Lipinski definition) is 0. The van der Waals surface area contributed by atoms with E-state index < -0.39 is 0 Å². The van der Waals surface area contributed by atoms with Gasteiger partial charge in [0, 0.05) is 24.7 Å². The summed E-state index contributed by atoms with van der Waals surface area (Å²) in [5.41, 5.74) is 2.74. The predicted octanol–water partition coefficient (Wildman–Crippen LogP) is 4.41. The van der Waals surface area contributed by atoms with Crippen molar-refractivity contribution in [2.24, 2.45) is 0 Å². The van der Waals surface area contributed by atoms with Gasteiger partial charge in [-0.3, -0.25) is 4.79 Å². The highest BCUT2D eigenvalue weighted by molar-refractivity contribution is 7.80. The third-order valence-corrected chi connectivity index (χ3v) is 4.31. The molecule has 0 amide bonds. The van der Waals surface area contributed by atoms with Crippen molar-refractivity contribution >= 4 is 34.8 Å². The summed E-state index contributed by atoms with van der Waals surface area (Å²) in [4.78, 5) is 14.6. The summed E-state index contributed by atoms with van der Waals surface area (Å²) in [6, 6.07) is 10.8. The van der Waals surface area contributed by atoms with Crippen molar-refractivity contribution in [3.05, 3.63) is 63.7 Å². The van der Waals surface area contributed by atoms with Crippen LogP contribution >= 0.6 is 23.8 Å². The molecule has 5 heteroatoms. The van der Waals surface area contributed by atoms with E-state index in [9.17, 15) is 4.79 Å². The molecule has 0 N–H and O–H groups in total. The van der Waals surface area contributed by atoms with Crippen molar-refractivity contribution < 1.29 is 9.53 Å². The van der Waals surface area contributed by atoms with Crippen LogP contribution in [-0.4, -0.2) is 30.0 Å². The van der Waals surface area contributed by atoms with E-state index in [1.807, 2.05) is 32.0 Å². The number of rotatable bonds is 3. The first kappa shape index (κ1) is 17.4. The number of halogens is 1. The average Bonchev–Trinajstić information content (AvgIpc) is 2.50. The maximum atomic E-state index is 12.9. The van der Waals surface area contributed by atoms with Gasteiger partial charge in [-0.05, 0) is 49.3 Å². The Morgan fingerprint density at radius 3 is 2.35 bits per heavy atom. The monoisotopic (exact) mass is 347 g/mol. The highest BCUT2D eigenvalue weighted by Crippen LogP contribution is 2.29. The van der Waals surface area contributed by atoms with Gasteiger partial charge in [0.25, 0.3) is 5.17 Å². The van der Waals surface area contributed by atoms with Gasteiger partial charge in [-0.2, -0.15) is 0 Å². The van der Waals surface area contributed by atoms with Crippen LogP contribution in [0.15, 0.2) is 36.4 Å². The molecule has 0 aromatic heterocycles. The maximum Gasteiger partial charge on any atom is 0.264 e. The van der Waals surface area contributed by atoms with Gasteiger partial charge in [0.15, 0.2) is 5.78 Å². The Bertz CT molecular complexity index is 772. The van der Waals surface area contributed by atoms with Crippen molar-refractivity contribution in [3.63, 3.8) is 0 Å². The SMILES string of the molecule is Cc1cc(OC(=S)N(C)C)c(C(=O)c2ccccc2C)cc1Cl. The van der Waals surface area contributed by atoms with Gasteiger partial charge < -0.3 is 9.64 Å². The number of thiocarbonyl (C=S) groups is 1. The smallest absolute Gasteiger partial charge is 0.264 e. The lowest BCUT2D eigenvalue weighted by molar-refractivity contribution is 0.103. The van der Waals surface area contributed by atoms with Crippen molar-refractivity contribution in [3.8, 4) is 5.75 Å². The summed E-state index contributed by atoms with van der Waals surface area (Å²) < 4.78 is 5.70. The Balaban J connectivity index is 2.52. The quantitative estimate of drug-likeness (QED) is 0.607. The van der Waals surface area contributed by atoms with Crippen LogP contribution in [0.2, 0.25) is 5.02 Å². The number of ketones is 1. The summed E-state index contributed by atoms with van der Waals surface area (Å²) in [5, 5.41) is 0.801. The number of nitrogens with zero attached hydrogens (tertiary/aromatic N) is 1. The molecule has 0 unspecified atom stereocenters. The molecule has 23 heavy (non-hydrogen) atoms. The molecule has 2 aromatic rings. The fraction of sp³-hybridized carbons (Fsp3) is 0.222. The molecule has 3 nitrogen and oxygen atoms in total. The lowest BCUT2D eigenvalue weighted by Crippen LogP contribution is -2.25. The minimum atomic E-state index is -0.137. The van der Waals surface area contributed by atoms with Crippen LogP contribution in [0.25, 0.3) is 0 Å². The molecule has 0 radical (unpaired) electrons. The molecule has 0 aliphatic carbocycles. The standard InChI is InChI=1S/C18H18ClNO2S/c1-11-7-5-6-8-13(11)17(21)14-10-15(19)12(2)9-16(14)22-18(23)20(3)4/h5-10H,1-4H3. The summed E-state index contributed by atoms with van der Waals surface area (Å²) in [6.45, 7) is 3.75. The van der Waals surface area contributed by atoms with E-state index >= 15 is 0 Å². The Kier molecular flexibility index (Phi) is 5.39. The van der Waals surface area contributed by atoms with E-state index in [0.29, 0.717) is 21.9 Å². The Hall–Kier alpha value is -1.91. The second-order valence-electron chi connectivity index (χ2n) is 5.50. The van der Waals surface area contributed by atoms with Gasteiger partial charge >= 0.3 is 0 Å². The lowest BCUT2D eigenvalue weighted by Gasteiger charge is -2.17. The van der Waals surface area contributed by atoms with E-state index in [-0.39, 0.29) is 11.0 Å². The molecule has 0 heterocycles. The number of carbonyl (C=O) groups is 1. The van der Waals surface area contributed by atoms with Gasteiger partial charge in [0.05, 0.1) is 5.56 Å². The van der Waals surface area contributed by atoms with Crippen molar-refractivity contribution in [1.29, 1.82) is 0 Å². The van der Waals surface area contributed by atoms with Gasteiger partial charge in [-0.1, -0.05) is 35.9 Å². The van der Waals surface area contributed by atoms with Gasteiger partial charge in [0.2, 0.25) is 0 Å². The fourth-order valence-electron chi connectivity index (χ4n) is 2.08. The van der Waals surface area contributed by atoms with Crippen LogP contribution < -0.4 is 4.74 Å². The molecule has 0 fully saturated rings. The van der Waals surface area contributed by atoms with E-state index in [0.717, 1.165) is 11.1 Å². The zero-order valence-electron chi connectivity index (χ0n) is 13.5. The molecule has 120 valence electrons. The molecule has 0 atom stereocenters. The molecular weight excluding hydrogens is 330 g/mol. The molecule has 2 aromatic carbocycles. The fourth-order valence-corrected chi connectivity index (χ4v) is 2.33. The summed E-state index contributed by atoms with van der Waals surface area (Å²) in [7, 11) is 3.57. The molecule has 2 rings (SSSR count). The number of hydrogen-bond acceptors (Lipinski definition) is 3. The zero-order valence-corrected chi connectivity index (χ0v) is 15.1. The number of carbonyl (C=O) groups excluding carboxylic acids is 1. The van der Waals surface area contributed by atoms with Crippen molar-refractivity contribution in [1.82, 2.24) is 4.90 Å². The van der Waals surface area contributed by atoms with Crippen molar-refractivity contribution in [2.45, 2.75) is 13.8 Å². The average molecular weight is 348 g/mol. The molecule has 0 bridgehead atoms. The number of aryl methyl sites for hydroxylation is 2. The molecule has 0 aliphatic heterocycles. The zero-order chi connectivity index (χ0) is 17.1. The van der Waals surface area contributed by atoms with Crippen LogP contribution in [0.5, 0.6) is 5.75 Å². The third kappa shape index (κ3) is 3.89. The van der Waals surface area contributed by atoms with E-state index in [2.05, 4.69) is 0 Å². The van der Waals surface area contributed by atoms with E-state index in [4.69, 9.17) is 28.6 Å². The van der Waals surface area contributed by atoms with Gasteiger partial charge in [-0.15, -0.1) is 0 Å². The first-order valence-corrected chi connectivity index (χ1v) is 7.89. The number of ether oxygens (including phenoxy) is 1. The van der Waals surface area contributed by atoms with Crippen LogP contribution in [0.3, 0.4) is 0 Å². The van der Waals surface area contributed by atoms with E-state index in [1.165, 1.54) is 0 Å². The Labute approximate surface area is 146 Å². The Morgan fingerprint density at radius 1 is 1.09 bits per heavy atom. The summed E-state index contributed by atoms with van der Waals surface area (Å²) >= 11 is 11.4. The third-order valence-electron chi connectivity index (χ3n) is 3.46. The maximum absolute atomic E-state index is 12.9. The molecular formula is C18H18ClNO2S. The van der Waals surface area contributed by atoms with Crippen molar-refractivity contribution in [2.75, 3.05) is 14.1 Å². The minimum Gasteiger partial charge on any atom is -0.431 e. The first-order chi connectivity index (χ1) is 10.8. The molecule has 0 saturated carbocycles. The number of benzene rings is 2. The lowest BCUT2D eigenvalue weighted by atomic mass is 9.97. The highest BCUT2D eigenvalue weighted by Gasteiger charge is 2.19.